The molecule has 0 aromatic heterocycles. The Hall–Kier alpha value is -3.95. The summed E-state index contributed by atoms with van der Waals surface area (Å²) in [6, 6.07) is 1.21. The number of aliphatic hydroxyl groups is 1. The van der Waals surface area contributed by atoms with E-state index in [9.17, 15) is 34.5 Å². The highest BCUT2D eigenvalue weighted by Crippen LogP contribution is 2.11. The number of carbonyl (C=O) groups excluding carboxylic acids is 3. The summed E-state index contributed by atoms with van der Waals surface area (Å²) in [7, 11) is 0. The van der Waals surface area contributed by atoms with Gasteiger partial charge >= 0.3 is 5.97 Å². The lowest BCUT2D eigenvalue weighted by Gasteiger charge is -2.26. The van der Waals surface area contributed by atoms with Crippen LogP contribution in [-0.2, 0) is 25.6 Å². The molecule has 15 heteroatoms. The number of aromatic hydroxyl groups is 1. The van der Waals surface area contributed by atoms with E-state index in [4.69, 9.17) is 22.9 Å². The Morgan fingerprint density at radius 1 is 0.900 bits per heavy atom. The van der Waals surface area contributed by atoms with Crippen molar-refractivity contribution < 1.29 is 34.5 Å². The summed E-state index contributed by atoms with van der Waals surface area (Å²) in [5, 5.41) is 36.4. The smallest absolute Gasteiger partial charge is 0.326 e. The molecule has 1 aromatic rings. The topological polar surface area (TPSA) is 282 Å². The third kappa shape index (κ3) is 12.7. The van der Waals surface area contributed by atoms with E-state index in [0.717, 1.165) is 0 Å². The maximum Gasteiger partial charge on any atom is 0.326 e. The van der Waals surface area contributed by atoms with Crippen LogP contribution in [0.1, 0.15) is 44.6 Å². The highest BCUT2D eigenvalue weighted by molar-refractivity contribution is 5.94. The van der Waals surface area contributed by atoms with Crippen molar-refractivity contribution >= 4 is 29.7 Å². The van der Waals surface area contributed by atoms with E-state index >= 15 is 0 Å². The molecule has 1 rings (SSSR count). The lowest BCUT2D eigenvalue weighted by Crippen LogP contribution is -2.59. The summed E-state index contributed by atoms with van der Waals surface area (Å²) in [5.41, 5.74) is 22.8. The molecule has 0 fully saturated rings. The second-order valence-electron chi connectivity index (χ2n) is 9.40. The van der Waals surface area contributed by atoms with Gasteiger partial charge in [0.15, 0.2) is 5.96 Å². The Labute approximate surface area is 232 Å². The van der Waals surface area contributed by atoms with Gasteiger partial charge in [-0.05, 0) is 69.7 Å². The average molecular weight is 567 g/mol. The molecular weight excluding hydrogens is 524 g/mol. The summed E-state index contributed by atoms with van der Waals surface area (Å²) in [6.45, 7) is 1.77. The number of carboxylic acids is 1. The van der Waals surface area contributed by atoms with E-state index in [1.54, 1.807) is 12.1 Å². The Morgan fingerprint density at radius 2 is 1.50 bits per heavy atom. The molecular formula is C25H42N8O7. The van der Waals surface area contributed by atoms with Crippen LogP contribution in [0, 0.1) is 0 Å². The van der Waals surface area contributed by atoms with Gasteiger partial charge in [0.1, 0.15) is 23.9 Å². The van der Waals surface area contributed by atoms with Crippen LogP contribution in [-0.4, -0.2) is 88.3 Å². The summed E-state index contributed by atoms with van der Waals surface area (Å²) in [5.74, 6) is -3.71. The molecule has 5 unspecified atom stereocenters. The quantitative estimate of drug-likeness (QED) is 0.0498. The van der Waals surface area contributed by atoms with Crippen LogP contribution >= 0.6 is 0 Å². The number of aliphatic imine (C=N–C) groups is 1. The second-order valence-corrected chi connectivity index (χ2v) is 9.40. The first-order chi connectivity index (χ1) is 18.8. The zero-order valence-corrected chi connectivity index (χ0v) is 22.6. The molecule has 0 bridgehead atoms. The molecule has 0 aliphatic carbocycles. The van der Waals surface area contributed by atoms with Gasteiger partial charge in [-0.1, -0.05) is 12.1 Å². The van der Waals surface area contributed by atoms with Gasteiger partial charge in [-0.25, -0.2) is 4.79 Å². The van der Waals surface area contributed by atoms with E-state index in [0.29, 0.717) is 24.9 Å². The molecule has 0 saturated carbocycles. The van der Waals surface area contributed by atoms with E-state index in [-0.39, 0.29) is 43.9 Å². The maximum absolute atomic E-state index is 13.1. The summed E-state index contributed by atoms with van der Waals surface area (Å²) in [4.78, 5) is 54.2. The van der Waals surface area contributed by atoms with Gasteiger partial charge in [-0.2, -0.15) is 0 Å². The predicted octanol–water partition coefficient (Wildman–Crippen LogP) is -2.64. The van der Waals surface area contributed by atoms with E-state index in [1.807, 2.05) is 0 Å². The number of benzene rings is 1. The van der Waals surface area contributed by atoms with Crippen LogP contribution in [0.5, 0.6) is 5.75 Å². The molecule has 1 aromatic carbocycles. The molecule has 0 saturated heterocycles. The first kappa shape index (κ1) is 34.1. The van der Waals surface area contributed by atoms with Gasteiger partial charge in [0.25, 0.3) is 0 Å². The lowest BCUT2D eigenvalue weighted by atomic mass is 10.0. The van der Waals surface area contributed by atoms with Crippen LogP contribution in [0.2, 0.25) is 0 Å². The lowest BCUT2D eigenvalue weighted by molar-refractivity contribution is -0.143. The number of hydrogen-bond donors (Lipinski definition) is 10. The third-order valence-electron chi connectivity index (χ3n) is 5.93. The molecule has 0 spiro atoms. The molecule has 0 aliphatic rings. The van der Waals surface area contributed by atoms with Crippen molar-refractivity contribution in [1.82, 2.24) is 16.0 Å². The third-order valence-corrected chi connectivity index (χ3v) is 5.93. The number of nitrogens with one attached hydrogen (secondary N) is 3. The minimum absolute atomic E-state index is 0.00494. The molecule has 0 heterocycles. The number of unbranched alkanes of at least 4 members (excludes halogenated alkanes) is 1. The highest BCUT2D eigenvalue weighted by Gasteiger charge is 2.32. The van der Waals surface area contributed by atoms with Crippen molar-refractivity contribution in [1.29, 1.82) is 0 Å². The SMILES string of the molecule is CC(O)C(NC(=O)C(CCCCN)NC(=O)C(N)Cc1ccc(O)cc1)C(=O)NC(CCCN=C(N)N)C(=O)O. The fraction of sp³-hybridized carbons (Fsp3) is 0.560. The van der Waals surface area contributed by atoms with Crippen molar-refractivity contribution in [3.8, 4) is 5.75 Å². The Kier molecular flexibility index (Phi) is 15.0. The number of aliphatic hydroxyl groups excluding tert-OH is 1. The monoisotopic (exact) mass is 566 g/mol. The van der Waals surface area contributed by atoms with Crippen molar-refractivity contribution in [3.05, 3.63) is 29.8 Å². The number of amides is 3. The first-order valence-corrected chi connectivity index (χ1v) is 13.0. The van der Waals surface area contributed by atoms with Crippen molar-refractivity contribution in [2.45, 2.75) is 75.7 Å². The molecule has 224 valence electrons. The maximum atomic E-state index is 13.1. The highest BCUT2D eigenvalue weighted by atomic mass is 16.4. The van der Waals surface area contributed by atoms with Crippen LogP contribution in [0.15, 0.2) is 29.3 Å². The summed E-state index contributed by atoms with van der Waals surface area (Å²) >= 11 is 0. The van der Waals surface area contributed by atoms with Gasteiger partial charge in [0.05, 0.1) is 12.1 Å². The van der Waals surface area contributed by atoms with E-state index in [2.05, 4.69) is 20.9 Å². The van der Waals surface area contributed by atoms with Gasteiger partial charge in [-0.15, -0.1) is 0 Å². The molecule has 5 atom stereocenters. The molecule has 15 nitrogen and oxygen atoms in total. The summed E-state index contributed by atoms with van der Waals surface area (Å²) < 4.78 is 0. The minimum Gasteiger partial charge on any atom is -0.508 e. The Morgan fingerprint density at radius 3 is 2.05 bits per heavy atom. The normalized spacial score (nSPS) is 14.6. The second kappa shape index (κ2) is 17.6. The van der Waals surface area contributed by atoms with Gasteiger partial charge in [0.2, 0.25) is 17.7 Å². The van der Waals surface area contributed by atoms with Crippen molar-refractivity contribution in [3.63, 3.8) is 0 Å². The fourth-order valence-corrected chi connectivity index (χ4v) is 3.70. The van der Waals surface area contributed by atoms with Crippen molar-refractivity contribution in [2.24, 2.45) is 27.9 Å². The zero-order valence-electron chi connectivity index (χ0n) is 22.6. The van der Waals surface area contributed by atoms with E-state index in [1.165, 1.54) is 19.1 Å². The first-order valence-electron chi connectivity index (χ1n) is 13.0. The number of aliphatic carboxylic acids is 1. The largest absolute Gasteiger partial charge is 0.508 e. The number of carboxylic acid groups (broad SMARTS) is 1. The fourth-order valence-electron chi connectivity index (χ4n) is 3.70. The van der Waals surface area contributed by atoms with E-state index < -0.39 is 54.0 Å². The van der Waals surface area contributed by atoms with Gasteiger partial charge in [-0.3, -0.25) is 19.4 Å². The number of phenols is 1. The number of hydrogen-bond acceptors (Lipinski definition) is 9. The van der Waals surface area contributed by atoms with Crippen LogP contribution in [0.4, 0.5) is 0 Å². The number of guanidine groups is 1. The number of carbonyl (C=O) groups is 4. The molecule has 0 radical (unpaired) electrons. The standard InChI is InChI=1S/C25H42N8O7/c1-14(34)20(23(38)32-19(24(39)40)6-4-12-30-25(28)29)33-22(37)18(5-2-3-11-26)31-21(36)17(27)13-15-7-9-16(35)10-8-15/h7-10,14,17-20,34-35H,2-6,11-13,26-27H2,1H3,(H,31,36)(H,32,38)(H,33,37)(H,39,40)(H4,28,29,30). The molecule has 14 N–H and O–H groups in total. The van der Waals surface area contributed by atoms with Crippen molar-refractivity contribution in [2.75, 3.05) is 13.1 Å². The number of rotatable bonds is 18. The number of nitrogens with zero attached hydrogens (tertiary/aromatic N) is 1. The van der Waals surface area contributed by atoms with Crippen LogP contribution in [0.3, 0.4) is 0 Å². The number of phenolic OH excluding ortho intramolecular Hbond substituents is 1. The van der Waals surface area contributed by atoms with Gasteiger partial charge < -0.3 is 54.2 Å². The zero-order chi connectivity index (χ0) is 30.2. The predicted molar refractivity (Wildman–Crippen MR) is 148 cm³/mol. The molecule has 0 aliphatic heterocycles. The van der Waals surface area contributed by atoms with Gasteiger partial charge in [0, 0.05) is 6.54 Å². The van der Waals surface area contributed by atoms with Crippen LogP contribution < -0.4 is 38.9 Å². The Balaban J connectivity index is 2.91. The Bertz CT molecular complexity index is 999. The summed E-state index contributed by atoms with van der Waals surface area (Å²) in [6.07, 6.45) is 0.218. The van der Waals surface area contributed by atoms with Crippen LogP contribution in [0.25, 0.3) is 0 Å². The molecule has 3 amide bonds. The minimum atomic E-state index is -1.51. The number of nitrogens with two attached hydrogens (primary N) is 4. The average Bonchev–Trinajstić information content (AvgIpc) is 2.88. The molecule has 40 heavy (non-hydrogen) atoms.